The molecule has 2 heterocycles. The quantitative estimate of drug-likeness (QED) is 0.551. The topological polar surface area (TPSA) is 89.7 Å². The highest BCUT2D eigenvalue weighted by Crippen LogP contribution is 2.31. The van der Waals surface area contributed by atoms with E-state index >= 15 is 0 Å². The first-order valence-corrected chi connectivity index (χ1v) is 11.3. The molecule has 0 atom stereocenters. The summed E-state index contributed by atoms with van der Waals surface area (Å²) in [5.74, 6) is 2.43. The third kappa shape index (κ3) is 5.51. The molecule has 1 N–H and O–H groups in total. The summed E-state index contributed by atoms with van der Waals surface area (Å²) in [6, 6.07) is 13.6. The number of anilines is 1. The third-order valence-electron chi connectivity index (χ3n) is 6.03. The van der Waals surface area contributed by atoms with Gasteiger partial charge in [-0.1, -0.05) is 24.2 Å². The molecule has 1 aliphatic rings. The van der Waals surface area contributed by atoms with Gasteiger partial charge in [0.05, 0.1) is 20.8 Å². The minimum atomic E-state index is 0.0107. The van der Waals surface area contributed by atoms with Gasteiger partial charge in [0.15, 0.2) is 11.5 Å². The molecule has 1 amide bonds. The van der Waals surface area contributed by atoms with Crippen molar-refractivity contribution in [1.82, 2.24) is 15.0 Å². The third-order valence-corrected chi connectivity index (χ3v) is 6.03. The second-order valence-corrected chi connectivity index (χ2v) is 8.18. The molecule has 174 valence electrons. The van der Waals surface area contributed by atoms with Crippen LogP contribution < -0.4 is 14.8 Å². The molecule has 3 aromatic rings. The van der Waals surface area contributed by atoms with E-state index in [0.717, 1.165) is 43.6 Å². The Bertz CT molecular complexity index is 1090. The molecule has 2 aromatic carbocycles. The van der Waals surface area contributed by atoms with Gasteiger partial charge in [-0.25, -0.2) is 0 Å². The number of aryl methyl sites for hydroxylation is 1. The zero-order chi connectivity index (χ0) is 23.2. The molecule has 1 fully saturated rings. The fourth-order valence-corrected chi connectivity index (χ4v) is 4.07. The van der Waals surface area contributed by atoms with E-state index in [-0.39, 0.29) is 11.8 Å². The summed E-state index contributed by atoms with van der Waals surface area (Å²) < 4.78 is 16.1. The second-order valence-electron chi connectivity index (χ2n) is 8.18. The number of aromatic nitrogens is 2. The Morgan fingerprint density at radius 2 is 1.91 bits per heavy atom. The Kier molecular flexibility index (Phi) is 7.24. The number of carbonyl (C=O) groups excluding carboxylic acids is 1. The number of amides is 1. The van der Waals surface area contributed by atoms with Crippen LogP contribution in [0.2, 0.25) is 0 Å². The lowest BCUT2D eigenvalue weighted by Crippen LogP contribution is -2.37. The summed E-state index contributed by atoms with van der Waals surface area (Å²) in [4.78, 5) is 19.5. The minimum absolute atomic E-state index is 0.0107. The van der Waals surface area contributed by atoms with Crippen molar-refractivity contribution in [3.8, 4) is 22.9 Å². The van der Waals surface area contributed by atoms with Gasteiger partial charge in [-0.2, -0.15) is 4.98 Å². The van der Waals surface area contributed by atoms with E-state index in [1.54, 1.807) is 14.2 Å². The second kappa shape index (κ2) is 10.5. The van der Waals surface area contributed by atoms with Crippen molar-refractivity contribution in [3.63, 3.8) is 0 Å². The molecule has 1 saturated heterocycles. The molecule has 1 aliphatic heterocycles. The maximum Gasteiger partial charge on any atom is 0.241 e. The van der Waals surface area contributed by atoms with E-state index in [4.69, 9.17) is 14.0 Å². The highest BCUT2D eigenvalue weighted by atomic mass is 16.5. The zero-order valence-electron chi connectivity index (χ0n) is 19.3. The number of hydrogen-bond donors (Lipinski definition) is 1. The van der Waals surface area contributed by atoms with Crippen molar-refractivity contribution >= 4 is 11.6 Å². The molecule has 8 heteroatoms. The summed E-state index contributed by atoms with van der Waals surface area (Å²) in [6.45, 7) is 4.28. The number of ether oxygens (including phenoxy) is 2. The molecule has 0 saturated carbocycles. The lowest BCUT2D eigenvalue weighted by atomic mass is 9.95. The number of nitrogens with one attached hydrogen (secondary N) is 1. The standard InChI is InChI=1S/C25H30N4O4/c1-4-17-6-5-7-20(14-17)26-25(30)18-10-12-29(13-11-18)16-23-27-24(28-33-23)19-8-9-21(31-2)22(15-19)32-3/h5-9,14-15,18H,4,10-13,16H2,1-3H3,(H,26,30). The lowest BCUT2D eigenvalue weighted by molar-refractivity contribution is -0.121. The van der Waals surface area contributed by atoms with Gasteiger partial charge in [-0.15, -0.1) is 0 Å². The number of piperidine rings is 1. The molecule has 0 aliphatic carbocycles. The maximum absolute atomic E-state index is 12.7. The smallest absolute Gasteiger partial charge is 0.241 e. The van der Waals surface area contributed by atoms with Crippen LogP contribution in [0.1, 0.15) is 31.2 Å². The fraction of sp³-hybridized carbons (Fsp3) is 0.400. The summed E-state index contributed by atoms with van der Waals surface area (Å²) in [5.41, 5.74) is 2.88. The van der Waals surface area contributed by atoms with Gasteiger partial charge in [-0.05, 0) is 68.2 Å². The van der Waals surface area contributed by atoms with Gasteiger partial charge in [0.1, 0.15) is 0 Å². The molecular weight excluding hydrogens is 420 g/mol. The van der Waals surface area contributed by atoms with Crippen molar-refractivity contribution < 1.29 is 18.8 Å². The van der Waals surface area contributed by atoms with Crippen molar-refractivity contribution in [2.75, 3.05) is 32.6 Å². The summed E-state index contributed by atoms with van der Waals surface area (Å²) >= 11 is 0. The molecule has 1 aromatic heterocycles. The maximum atomic E-state index is 12.7. The molecule has 0 spiro atoms. The van der Waals surface area contributed by atoms with E-state index in [0.29, 0.717) is 29.8 Å². The molecule has 33 heavy (non-hydrogen) atoms. The van der Waals surface area contributed by atoms with Crippen LogP contribution in [0.4, 0.5) is 5.69 Å². The van der Waals surface area contributed by atoms with E-state index < -0.39 is 0 Å². The first-order chi connectivity index (χ1) is 16.1. The monoisotopic (exact) mass is 450 g/mol. The predicted octanol–water partition coefficient (Wildman–Crippen LogP) is 4.17. The highest BCUT2D eigenvalue weighted by Gasteiger charge is 2.26. The van der Waals surface area contributed by atoms with Crippen LogP contribution in [0, 0.1) is 5.92 Å². The Labute approximate surface area is 193 Å². The van der Waals surface area contributed by atoms with E-state index in [2.05, 4.69) is 33.3 Å². The first kappa shape index (κ1) is 22.8. The van der Waals surface area contributed by atoms with Gasteiger partial charge in [0.25, 0.3) is 0 Å². The number of methoxy groups -OCH3 is 2. The van der Waals surface area contributed by atoms with Crippen molar-refractivity contribution in [2.24, 2.45) is 5.92 Å². The van der Waals surface area contributed by atoms with Gasteiger partial charge in [0, 0.05) is 17.2 Å². The molecule has 0 unspecified atom stereocenters. The average Bonchev–Trinajstić information content (AvgIpc) is 3.32. The molecule has 8 nitrogen and oxygen atoms in total. The number of nitrogens with zero attached hydrogens (tertiary/aromatic N) is 3. The van der Waals surface area contributed by atoms with Crippen LogP contribution in [0.5, 0.6) is 11.5 Å². The molecule has 4 rings (SSSR count). The van der Waals surface area contributed by atoms with Crippen LogP contribution in [-0.4, -0.2) is 48.3 Å². The number of carbonyl (C=O) groups is 1. The Morgan fingerprint density at radius 1 is 1.12 bits per heavy atom. The zero-order valence-corrected chi connectivity index (χ0v) is 19.3. The number of likely N-dealkylation sites (tertiary alicyclic amines) is 1. The fourth-order valence-electron chi connectivity index (χ4n) is 4.07. The van der Waals surface area contributed by atoms with Crippen LogP contribution in [0.25, 0.3) is 11.4 Å². The van der Waals surface area contributed by atoms with Crippen molar-refractivity contribution in [2.45, 2.75) is 32.7 Å². The normalized spacial score (nSPS) is 14.8. The summed E-state index contributed by atoms with van der Waals surface area (Å²) in [5, 5.41) is 7.19. The minimum Gasteiger partial charge on any atom is -0.493 e. The number of rotatable bonds is 8. The SMILES string of the molecule is CCc1cccc(NC(=O)C2CCN(Cc3nc(-c4ccc(OC)c(OC)c4)no3)CC2)c1. The van der Waals surface area contributed by atoms with Crippen LogP contribution >= 0.6 is 0 Å². The molecule has 0 bridgehead atoms. The van der Waals surface area contributed by atoms with Gasteiger partial charge in [-0.3, -0.25) is 9.69 Å². The van der Waals surface area contributed by atoms with Gasteiger partial charge in [0.2, 0.25) is 17.6 Å². The van der Waals surface area contributed by atoms with Crippen LogP contribution in [0.3, 0.4) is 0 Å². The molecule has 0 radical (unpaired) electrons. The highest BCUT2D eigenvalue weighted by molar-refractivity contribution is 5.92. The summed E-state index contributed by atoms with van der Waals surface area (Å²) in [6.07, 6.45) is 2.55. The predicted molar refractivity (Wildman–Crippen MR) is 125 cm³/mol. The van der Waals surface area contributed by atoms with Gasteiger partial charge >= 0.3 is 0 Å². The average molecular weight is 451 g/mol. The van der Waals surface area contributed by atoms with E-state index in [1.165, 1.54) is 5.56 Å². The Morgan fingerprint density at radius 3 is 2.64 bits per heavy atom. The van der Waals surface area contributed by atoms with Crippen LogP contribution in [-0.2, 0) is 17.8 Å². The Hall–Kier alpha value is -3.39. The first-order valence-electron chi connectivity index (χ1n) is 11.3. The van der Waals surface area contributed by atoms with Crippen molar-refractivity contribution in [3.05, 3.63) is 53.9 Å². The molecular formula is C25H30N4O4. The van der Waals surface area contributed by atoms with E-state index in [9.17, 15) is 4.79 Å². The number of benzene rings is 2. The van der Waals surface area contributed by atoms with Gasteiger partial charge < -0.3 is 19.3 Å². The largest absolute Gasteiger partial charge is 0.493 e. The Balaban J connectivity index is 1.30. The van der Waals surface area contributed by atoms with E-state index in [1.807, 2.05) is 36.4 Å². The van der Waals surface area contributed by atoms with Crippen LogP contribution in [0.15, 0.2) is 47.0 Å². The summed E-state index contributed by atoms with van der Waals surface area (Å²) in [7, 11) is 3.19. The number of hydrogen-bond acceptors (Lipinski definition) is 7. The van der Waals surface area contributed by atoms with Crippen molar-refractivity contribution in [1.29, 1.82) is 0 Å². The lowest BCUT2D eigenvalue weighted by Gasteiger charge is -2.30.